The van der Waals surface area contributed by atoms with Crippen LogP contribution in [0.2, 0.25) is 0 Å². The Morgan fingerprint density at radius 1 is 1.19 bits per heavy atom. The molecule has 1 N–H and O–H groups in total. The standard InChI is InChI=1S/C17H23NO3/c1-3-4-5-8-13-21-17(20)12-11-15-9-6-7-10-16(15)18-14(2)19/h6-7,9-12H,3-5,8,13H2,1-2H3,(H,18,19)/b12-11+. The quantitative estimate of drug-likeness (QED) is 0.450. The molecular weight excluding hydrogens is 266 g/mol. The summed E-state index contributed by atoms with van der Waals surface area (Å²) in [6.45, 7) is 4.04. The number of unbranched alkanes of at least 4 members (excludes halogenated alkanes) is 3. The van der Waals surface area contributed by atoms with Gasteiger partial charge in [0.25, 0.3) is 0 Å². The lowest BCUT2D eigenvalue weighted by Gasteiger charge is -2.06. The molecular formula is C17H23NO3. The van der Waals surface area contributed by atoms with Crippen LogP contribution in [0.15, 0.2) is 30.3 Å². The predicted molar refractivity (Wildman–Crippen MR) is 84.9 cm³/mol. The van der Waals surface area contributed by atoms with E-state index in [1.165, 1.54) is 13.0 Å². The Balaban J connectivity index is 2.48. The van der Waals surface area contributed by atoms with Crippen molar-refractivity contribution in [3.8, 4) is 0 Å². The number of para-hydroxylation sites is 1. The average Bonchev–Trinajstić information content (AvgIpc) is 2.45. The molecule has 0 aliphatic carbocycles. The first kappa shape index (κ1) is 17.0. The number of carbonyl (C=O) groups is 2. The molecule has 0 atom stereocenters. The molecule has 0 heterocycles. The van der Waals surface area contributed by atoms with Crippen molar-refractivity contribution in [1.82, 2.24) is 0 Å². The Kier molecular flexibility index (Phi) is 7.87. The molecule has 0 aromatic heterocycles. The van der Waals surface area contributed by atoms with Crippen LogP contribution in [0.4, 0.5) is 5.69 Å². The van der Waals surface area contributed by atoms with Gasteiger partial charge in [0.15, 0.2) is 0 Å². The number of rotatable bonds is 8. The maximum Gasteiger partial charge on any atom is 0.330 e. The minimum atomic E-state index is -0.357. The summed E-state index contributed by atoms with van der Waals surface area (Å²) in [5, 5.41) is 2.72. The molecule has 0 saturated carbocycles. The summed E-state index contributed by atoms with van der Waals surface area (Å²) in [4.78, 5) is 22.7. The topological polar surface area (TPSA) is 55.4 Å². The van der Waals surface area contributed by atoms with Gasteiger partial charge < -0.3 is 10.1 Å². The van der Waals surface area contributed by atoms with Crippen LogP contribution >= 0.6 is 0 Å². The smallest absolute Gasteiger partial charge is 0.330 e. The Bertz CT molecular complexity index is 495. The summed E-state index contributed by atoms with van der Waals surface area (Å²) in [6.07, 6.45) is 7.35. The summed E-state index contributed by atoms with van der Waals surface area (Å²) in [5.74, 6) is -0.501. The SMILES string of the molecule is CCCCCCOC(=O)/C=C/c1ccccc1NC(C)=O. The minimum Gasteiger partial charge on any atom is -0.463 e. The van der Waals surface area contributed by atoms with E-state index >= 15 is 0 Å². The van der Waals surface area contributed by atoms with Gasteiger partial charge in [-0.3, -0.25) is 4.79 Å². The highest BCUT2D eigenvalue weighted by Crippen LogP contribution is 2.16. The third-order valence-corrected chi connectivity index (χ3v) is 2.91. The number of ether oxygens (including phenoxy) is 1. The monoisotopic (exact) mass is 289 g/mol. The molecule has 4 nitrogen and oxygen atoms in total. The Labute approximate surface area is 126 Å². The number of anilines is 1. The second kappa shape index (κ2) is 9.75. The van der Waals surface area contributed by atoms with Gasteiger partial charge in [0.1, 0.15) is 0 Å². The molecule has 1 aromatic rings. The lowest BCUT2D eigenvalue weighted by molar-refractivity contribution is -0.137. The van der Waals surface area contributed by atoms with Crippen LogP contribution in [0.5, 0.6) is 0 Å². The van der Waals surface area contributed by atoms with Crippen molar-refractivity contribution in [1.29, 1.82) is 0 Å². The van der Waals surface area contributed by atoms with Crippen molar-refractivity contribution in [3.63, 3.8) is 0 Å². The van der Waals surface area contributed by atoms with Gasteiger partial charge in [0, 0.05) is 18.7 Å². The molecule has 0 spiro atoms. The lowest BCUT2D eigenvalue weighted by atomic mass is 10.1. The summed E-state index contributed by atoms with van der Waals surface area (Å²) in [7, 11) is 0. The molecule has 0 bridgehead atoms. The molecule has 0 saturated heterocycles. The normalized spacial score (nSPS) is 10.6. The maximum absolute atomic E-state index is 11.6. The number of carbonyl (C=O) groups excluding carboxylic acids is 2. The fourth-order valence-electron chi connectivity index (χ4n) is 1.85. The van der Waals surface area contributed by atoms with E-state index in [1.807, 2.05) is 18.2 Å². The second-order valence-electron chi connectivity index (χ2n) is 4.83. The van der Waals surface area contributed by atoms with E-state index in [0.29, 0.717) is 12.3 Å². The Hall–Kier alpha value is -2.10. The molecule has 1 aromatic carbocycles. The van der Waals surface area contributed by atoms with Crippen LogP contribution in [-0.2, 0) is 14.3 Å². The number of hydrogen-bond donors (Lipinski definition) is 1. The number of nitrogens with one attached hydrogen (secondary N) is 1. The van der Waals surface area contributed by atoms with E-state index < -0.39 is 0 Å². The first-order chi connectivity index (χ1) is 10.1. The van der Waals surface area contributed by atoms with Crippen molar-refractivity contribution in [2.75, 3.05) is 11.9 Å². The molecule has 114 valence electrons. The fourth-order valence-corrected chi connectivity index (χ4v) is 1.85. The highest BCUT2D eigenvalue weighted by atomic mass is 16.5. The van der Waals surface area contributed by atoms with Crippen LogP contribution in [0.3, 0.4) is 0 Å². The first-order valence-electron chi connectivity index (χ1n) is 7.35. The number of amides is 1. The second-order valence-corrected chi connectivity index (χ2v) is 4.83. The van der Waals surface area contributed by atoms with Crippen molar-refractivity contribution >= 4 is 23.6 Å². The maximum atomic E-state index is 11.6. The Morgan fingerprint density at radius 3 is 2.67 bits per heavy atom. The van der Waals surface area contributed by atoms with Gasteiger partial charge in [0.05, 0.1) is 6.61 Å². The van der Waals surface area contributed by atoms with E-state index in [9.17, 15) is 9.59 Å². The van der Waals surface area contributed by atoms with Gasteiger partial charge >= 0.3 is 5.97 Å². The molecule has 0 radical (unpaired) electrons. The van der Waals surface area contributed by atoms with E-state index in [0.717, 1.165) is 31.2 Å². The lowest BCUT2D eigenvalue weighted by Crippen LogP contribution is -2.07. The molecule has 0 aliphatic rings. The molecule has 21 heavy (non-hydrogen) atoms. The summed E-state index contributed by atoms with van der Waals surface area (Å²) in [5.41, 5.74) is 1.45. The van der Waals surface area contributed by atoms with Crippen molar-refractivity contribution in [2.45, 2.75) is 39.5 Å². The third kappa shape index (κ3) is 7.30. The van der Waals surface area contributed by atoms with Crippen LogP contribution in [0.25, 0.3) is 6.08 Å². The summed E-state index contributed by atoms with van der Waals surface area (Å²) < 4.78 is 5.12. The summed E-state index contributed by atoms with van der Waals surface area (Å²) in [6, 6.07) is 7.29. The Morgan fingerprint density at radius 2 is 1.95 bits per heavy atom. The third-order valence-electron chi connectivity index (χ3n) is 2.91. The van der Waals surface area contributed by atoms with Crippen LogP contribution in [0.1, 0.15) is 45.1 Å². The molecule has 0 fully saturated rings. The van der Waals surface area contributed by atoms with E-state index in [-0.39, 0.29) is 11.9 Å². The number of esters is 1. The number of benzene rings is 1. The molecule has 1 rings (SSSR count). The van der Waals surface area contributed by atoms with Gasteiger partial charge in [-0.05, 0) is 24.1 Å². The van der Waals surface area contributed by atoms with Crippen LogP contribution in [0, 0.1) is 0 Å². The molecule has 0 unspecified atom stereocenters. The molecule has 1 amide bonds. The van der Waals surface area contributed by atoms with E-state index in [1.54, 1.807) is 12.1 Å². The van der Waals surface area contributed by atoms with Crippen molar-refractivity contribution in [3.05, 3.63) is 35.9 Å². The van der Waals surface area contributed by atoms with Gasteiger partial charge in [-0.25, -0.2) is 4.79 Å². The van der Waals surface area contributed by atoms with Gasteiger partial charge in [-0.15, -0.1) is 0 Å². The van der Waals surface area contributed by atoms with Gasteiger partial charge in [-0.2, -0.15) is 0 Å². The zero-order valence-electron chi connectivity index (χ0n) is 12.7. The average molecular weight is 289 g/mol. The fraction of sp³-hybridized carbons (Fsp3) is 0.412. The largest absolute Gasteiger partial charge is 0.463 e. The van der Waals surface area contributed by atoms with Gasteiger partial charge in [-0.1, -0.05) is 44.4 Å². The number of hydrogen-bond acceptors (Lipinski definition) is 3. The van der Waals surface area contributed by atoms with Crippen molar-refractivity contribution in [2.24, 2.45) is 0 Å². The first-order valence-corrected chi connectivity index (χ1v) is 7.35. The van der Waals surface area contributed by atoms with Crippen LogP contribution in [-0.4, -0.2) is 18.5 Å². The van der Waals surface area contributed by atoms with Crippen LogP contribution < -0.4 is 5.32 Å². The highest BCUT2D eigenvalue weighted by Gasteiger charge is 2.02. The molecule has 4 heteroatoms. The zero-order valence-corrected chi connectivity index (χ0v) is 12.7. The van der Waals surface area contributed by atoms with E-state index in [2.05, 4.69) is 12.2 Å². The zero-order chi connectivity index (χ0) is 15.5. The highest BCUT2D eigenvalue weighted by molar-refractivity contribution is 5.93. The predicted octanol–water partition coefficient (Wildman–Crippen LogP) is 3.78. The molecule has 0 aliphatic heterocycles. The minimum absolute atomic E-state index is 0.144. The van der Waals surface area contributed by atoms with E-state index in [4.69, 9.17) is 4.74 Å². The summed E-state index contributed by atoms with van der Waals surface area (Å²) >= 11 is 0. The van der Waals surface area contributed by atoms with Gasteiger partial charge in [0.2, 0.25) is 5.91 Å². The van der Waals surface area contributed by atoms with Crippen molar-refractivity contribution < 1.29 is 14.3 Å².